The van der Waals surface area contributed by atoms with E-state index in [1.54, 1.807) is 0 Å². The van der Waals surface area contributed by atoms with Crippen LogP contribution in [-0.2, 0) is 4.74 Å². The zero-order chi connectivity index (χ0) is 12.0. The van der Waals surface area contributed by atoms with Crippen LogP contribution in [0.15, 0.2) is 0 Å². The molecule has 1 aliphatic heterocycles. The summed E-state index contributed by atoms with van der Waals surface area (Å²) in [6.07, 6.45) is 3.80. The van der Waals surface area contributed by atoms with Gasteiger partial charge in [0.05, 0.1) is 6.61 Å². The Hall–Kier alpha value is -0.0800. The van der Waals surface area contributed by atoms with Gasteiger partial charge in [0.2, 0.25) is 0 Å². The van der Waals surface area contributed by atoms with Crippen molar-refractivity contribution in [1.82, 2.24) is 5.32 Å². The summed E-state index contributed by atoms with van der Waals surface area (Å²) < 4.78 is 5.66. The molecule has 0 saturated carbocycles. The molecule has 1 fully saturated rings. The van der Waals surface area contributed by atoms with E-state index in [0.717, 1.165) is 38.1 Å². The maximum atomic E-state index is 5.66. The van der Waals surface area contributed by atoms with Gasteiger partial charge in [0.1, 0.15) is 0 Å². The molecule has 1 saturated heterocycles. The fraction of sp³-hybridized carbons (Fsp3) is 1.00. The summed E-state index contributed by atoms with van der Waals surface area (Å²) in [5, 5.41) is 3.64. The quantitative estimate of drug-likeness (QED) is 0.721. The number of nitrogens with one attached hydrogen (secondary N) is 1. The van der Waals surface area contributed by atoms with Gasteiger partial charge in [-0.25, -0.2) is 0 Å². The monoisotopic (exact) mass is 227 g/mol. The van der Waals surface area contributed by atoms with E-state index in [-0.39, 0.29) is 0 Å². The van der Waals surface area contributed by atoms with Gasteiger partial charge in [-0.2, -0.15) is 0 Å². The molecule has 2 nitrogen and oxygen atoms in total. The third-order valence-corrected chi connectivity index (χ3v) is 4.02. The topological polar surface area (TPSA) is 21.3 Å². The molecule has 1 rings (SSSR count). The SMILES string of the molecule is CCC(CC)C1(CNCC(C)C)CCOC1. The van der Waals surface area contributed by atoms with Crippen molar-refractivity contribution >= 4 is 0 Å². The smallest absolute Gasteiger partial charge is 0.0538 e. The first-order valence-corrected chi connectivity index (χ1v) is 6.93. The second-order valence-corrected chi connectivity index (χ2v) is 5.70. The molecule has 16 heavy (non-hydrogen) atoms. The van der Waals surface area contributed by atoms with Crippen molar-refractivity contribution in [2.24, 2.45) is 17.3 Å². The minimum atomic E-state index is 0.415. The Bertz CT molecular complexity index is 181. The van der Waals surface area contributed by atoms with Crippen LogP contribution in [0.25, 0.3) is 0 Å². The van der Waals surface area contributed by atoms with E-state index in [2.05, 4.69) is 33.0 Å². The van der Waals surface area contributed by atoms with E-state index in [4.69, 9.17) is 4.74 Å². The standard InChI is InChI=1S/C14H29NO/c1-5-13(6-2)14(7-8-16-11-14)10-15-9-12(3)4/h12-13,15H,5-11H2,1-4H3. The third-order valence-electron chi connectivity index (χ3n) is 4.02. The Morgan fingerprint density at radius 2 is 1.94 bits per heavy atom. The Balaban J connectivity index is 2.51. The highest BCUT2D eigenvalue weighted by Gasteiger charge is 2.40. The molecule has 0 bridgehead atoms. The van der Waals surface area contributed by atoms with E-state index in [1.807, 2.05) is 0 Å². The molecule has 1 heterocycles. The molecule has 0 aromatic carbocycles. The average molecular weight is 227 g/mol. The van der Waals surface area contributed by atoms with Crippen LogP contribution in [0, 0.1) is 17.3 Å². The summed E-state index contributed by atoms with van der Waals surface area (Å²) >= 11 is 0. The van der Waals surface area contributed by atoms with Crippen molar-refractivity contribution in [3.63, 3.8) is 0 Å². The van der Waals surface area contributed by atoms with Crippen molar-refractivity contribution in [3.05, 3.63) is 0 Å². The Kier molecular flexibility index (Phi) is 5.77. The molecule has 0 spiro atoms. The predicted octanol–water partition coefficient (Wildman–Crippen LogP) is 3.07. The molecule has 2 heteroatoms. The summed E-state index contributed by atoms with van der Waals surface area (Å²) in [6.45, 7) is 13.3. The first-order chi connectivity index (χ1) is 7.64. The molecule has 1 N–H and O–H groups in total. The summed E-state index contributed by atoms with van der Waals surface area (Å²) in [4.78, 5) is 0. The Labute approximate surface area is 101 Å². The number of ether oxygens (including phenoxy) is 1. The summed E-state index contributed by atoms with van der Waals surface area (Å²) in [6, 6.07) is 0. The van der Waals surface area contributed by atoms with Crippen LogP contribution in [0.2, 0.25) is 0 Å². The van der Waals surface area contributed by atoms with Crippen LogP contribution in [0.3, 0.4) is 0 Å². The van der Waals surface area contributed by atoms with Gasteiger partial charge < -0.3 is 10.1 Å². The van der Waals surface area contributed by atoms with Gasteiger partial charge in [-0.3, -0.25) is 0 Å². The predicted molar refractivity (Wildman–Crippen MR) is 69.6 cm³/mol. The number of hydrogen-bond acceptors (Lipinski definition) is 2. The van der Waals surface area contributed by atoms with Crippen molar-refractivity contribution in [2.45, 2.75) is 47.0 Å². The average Bonchev–Trinajstić information content (AvgIpc) is 2.69. The van der Waals surface area contributed by atoms with Crippen molar-refractivity contribution < 1.29 is 4.74 Å². The van der Waals surface area contributed by atoms with Gasteiger partial charge >= 0.3 is 0 Å². The van der Waals surface area contributed by atoms with Gasteiger partial charge in [0.15, 0.2) is 0 Å². The highest BCUT2D eigenvalue weighted by molar-refractivity contribution is 4.90. The van der Waals surface area contributed by atoms with Crippen LogP contribution in [0.1, 0.15) is 47.0 Å². The normalized spacial score (nSPS) is 25.9. The molecule has 1 unspecified atom stereocenters. The lowest BCUT2D eigenvalue weighted by atomic mass is 9.72. The molecule has 96 valence electrons. The van der Waals surface area contributed by atoms with Crippen molar-refractivity contribution in [1.29, 1.82) is 0 Å². The van der Waals surface area contributed by atoms with Crippen molar-refractivity contribution in [3.8, 4) is 0 Å². The van der Waals surface area contributed by atoms with Crippen LogP contribution in [-0.4, -0.2) is 26.3 Å². The second-order valence-electron chi connectivity index (χ2n) is 5.70. The zero-order valence-electron chi connectivity index (χ0n) is 11.5. The molecule has 0 amide bonds. The maximum Gasteiger partial charge on any atom is 0.0538 e. The lowest BCUT2D eigenvalue weighted by molar-refractivity contribution is 0.0980. The van der Waals surface area contributed by atoms with Crippen LogP contribution >= 0.6 is 0 Å². The van der Waals surface area contributed by atoms with Gasteiger partial charge in [0.25, 0.3) is 0 Å². The van der Waals surface area contributed by atoms with E-state index in [1.165, 1.54) is 19.3 Å². The van der Waals surface area contributed by atoms with Gasteiger partial charge in [0, 0.05) is 18.6 Å². The maximum absolute atomic E-state index is 5.66. The molecular weight excluding hydrogens is 198 g/mol. The Morgan fingerprint density at radius 1 is 1.25 bits per heavy atom. The lowest BCUT2D eigenvalue weighted by Gasteiger charge is -2.36. The van der Waals surface area contributed by atoms with E-state index < -0.39 is 0 Å². The summed E-state index contributed by atoms with van der Waals surface area (Å²) in [7, 11) is 0. The zero-order valence-corrected chi connectivity index (χ0v) is 11.5. The molecule has 0 aliphatic carbocycles. The lowest BCUT2D eigenvalue weighted by Crippen LogP contribution is -2.41. The molecule has 1 aliphatic rings. The van der Waals surface area contributed by atoms with Gasteiger partial charge in [-0.05, 0) is 24.8 Å². The second kappa shape index (κ2) is 6.61. The highest BCUT2D eigenvalue weighted by Crippen LogP contribution is 2.39. The van der Waals surface area contributed by atoms with Crippen LogP contribution in [0.5, 0.6) is 0 Å². The molecule has 1 atom stereocenters. The fourth-order valence-electron chi connectivity index (χ4n) is 2.99. The van der Waals surface area contributed by atoms with Crippen LogP contribution in [0.4, 0.5) is 0 Å². The summed E-state index contributed by atoms with van der Waals surface area (Å²) in [5.41, 5.74) is 0.415. The fourth-order valence-corrected chi connectivity index (χ4v) is 2.99. The first-order valence-electron chi connectivity index (χ1n) is 6.93. The minimum absolute atomic E-state index is 0.415. The first kappa shape index (κ1) is 14.0. The third kappa shape index (κ3) is 3.46. The van der Waals surface area contributed by atoms with Crippen molar-refractivity contribution in [2.75, 3.05) is 26.3 Å². The Morgan fingerprint density at radius 3 is 2.38 bits per heavy atom. The van der Waals surface area contributed by atoms with Crippen LogP contribution < -0.4 is 5.32 Å². The molecular formula is C14H29NO. The molecule has 0 radical (unpaired) electrons. The highest BCUT2D eigenvalue weighted by atomic mass is 16.5. The molecule has 0 aromatic heterocycles. The van der Waals surface area contributed by atoms with E-state index >= 15 is 0 Å². The minimum Gasteiger partial charge on any atom is -0.381 e. The summed E-state index contributed by atoms with van der Waals surface area (Å²) in [5.74, 6) is 1.55. The van der Waals surface area contributed by atoms with Gasteiger partial charge in [-0.1, -0.05) is 40.5 Å². The number of rotatable bonds is 7. The van der Waals surface area contributed by atoms with E-state index in [0.29, 0.717) is 5.41 Å². The van der Waals surface area contributed by atoms with Gasteiger partial charge in [-0.15, -0.1) is 0 Å². The van der Waals surface area contributed by atoms with E-state index in [9.17, 15) is 0 Å². The largest absolute Gasteiger partial charge is 0.381 e. The number of hydrogen-bond donors (Lipinski definition) is 1. The molecule has 0 aromatic rings.